The van der Waals surface area contributed by atoms with Gasteiger partial charge in [-0.25, -0.2) is 4.98 Å². The fourth-order valence-electron chi connectivity index (χ4n) is 2.43. The molecule has 0 aliphatic heterocycles. The molecule has 1 atom stereocenters. The van der Waals surface area contributed by atoms with Crippen molar-refractivity contribution in [1.29, 1.82) is 0 Å². The second-order valence-electron chi connectivity index (χ2n) is 5.61. The number of nitrogens with one attached hydrogen (secondary N) is 1. The Morgan fingerprint density at radius 2 is 1.96 bits per heavy atom. The lowest BCUT2D eigenvalue weighted by Gasteiger charge is -2.12. The van der Waals surface area contributed by atoms with Crippen LogP contribution in [0.1, 0.15) is 12.5 Å². The van der Waals surface area contributed by atoms with E-state index in [9.17, 15) is 4.79 Å². The standard InChI is InChI=1S/C19H20N2O4S/c1-12(26-19-21-14-6-4-5-7-15(14)25-19)18(22)20-11-13-8-9-16(23-2)17(10-13)24-3/h4-10,12H,11H2,1-3H3,(H,20,22). The van der Waals surface area contributed by atoms with Gasteiger partial charge >= 0.3 is 0 Å². The van der Waals surface area contributed by atoms with E-state index in [1.54, 1.807) is 14.2 Å². The first kappa shape index (κ1) is 18.1. The van der Waals surface area contributed by atoms with Gasteiger partial charge in [-0.05, 0) is 36.8 Å². The van der Waals surface area contributed by atoms with Crippen molar-refractivity contribution in [3.05, 3.63) is 48.0 Å². The second kappa shape index (κ2) is 8.14. The Morgan fingerprint density at radius 3 is 2.69 bits per heavy atom. The lowest BCUT2D eigenvalue weighted by molar-refractivity contribution is -0.120. The van der Waals surface area contributed by atoms with Gasteiger partial charge in [0.15, 0.2) is 17.1 Å². The van der Waals surface area contributed by atoms with Gasteiger partial charge in [-0.3, -0.25) is 4.79 Å². The SMILES string of the molecule is COc1ccc(CNC(=O)C(C)Sc2nc3ccccc3o2)cc1OC. The minimum absolute atomic E-state index is 0.0907. The van der Waals surface area contributed by atoms with Gasteiger partial charge < -0.3 is 19.2 Å². The Labute approximate surface area is 155 Å². The Hall–Kier alpha value is -2.67. The molecule has 1 unspecified atom stereocenters. The van der Waals surface area contributed by atoms with Crippen LogP contribution in [-0.2, 0) is 11.3 Å². The first-order valence-electron chi connectivity index (χ1n) is 8.11. The largest absolute Gasteiger partial charge is 0.493 e. The van der Waals surface area contributed by atoms with Crippen molar-refractivity contribution in [2.24, 2.45) is 0 Å². The topological polar surface area (TPSA) is 73.6 Å². The van der Waals surface area contributed by atoms with Crippen molar-refractivity contribution in [1.82, 2.24) is 10.3 Å². The number of fused-ring (bicyclic) bond motifs is 1. The maximum Gasteiger partial charge on any atom is 0.257 e. The molecule has 6 nitrogen and oxygen atoms in total. The van der Waals surface area contributed by atoms with Gasteiger partial charge in [-0.1, -0.05) is 30.0 Å². The van der Waals surface area contributed by atoms with Gasteiger partial charge in [0.1, 0.15) is 5.52 Å². The van der Waals surface area contributed by atoms with Crippen LogP contribution in [0.3, 0.4) is 0 Å². The number of carbonyl (C=O) groups is 1. The third kappa shape index (κ3) is 4.11. The molecule has 0 fully saturated rings. The van der Waals surface area contributed by atoms with Crippen LogP contribution < -0.4 is 14.8 Å². The Bertz CT molecular complexity index is 876. The highest BCUT2D eigenvalue weighted by Gasteiger charge is 2.18. The quantitative estimate of drug-likeness (QED) is 0.638. The van der Waals surface area contributed by atoms with Crippen molar-refractivity contribution >= 4 is 28.8 Å². The number of ether oxygens (including phenoxy) is 2. The predicted octanol–water partition coefficient (Wildman–Crippen LogP) is 3.64. The van der Waals surface area contributed by atoms with Crippen molar-refractivity contribution in [2.75, 3.05) is 14.2 Å². The molecule has 7 heteroatoms. The molecule has 1 N–H and O–H groups in total. The highest BCUT2D eigenvalue weighted by atomic mass is 32.2. The van der Waals surface area contributed by atoms with Gasteiger partial charge in [-0.2, -0.15) is 0 Å². The number of carbonyl (C=O) groups excluding carboxylic acids is 1. The number of hydrogen-bond acceptors (Lipinski definition) is 6. The third-order valence-corrected chi connectivity index (χ3v) is 4.78. The molecule has 0 radical (unpaired) electrons. The summed E-state index contributed by atoms with van der Waals surface area (Å²) in [5.41, 5.74) is 2.43. The summed E-state index contributed by atoms with van der Waals surface area (Å²) in [4.78, 5) is 16.7. The van der Waals surface area contributed by atoms with E-state index in [1.165, 1.54) is 11.8 Å². The Morgan fingerprint density at radius 1 is 1.19 bits per heavy atom. The van der Waals surface area contributed by atoms with E-state index < -0.39 is 0 Å². The summed E-state index contributed by atoms with van der Waals surface area (Å²) >= 11 is 1.29. The average molecular weight is 372 g/mol. The number of oxazole rings is 1. The molecule has 26 heavy (non-hydrogen) atoms. The van der Waals surface area contributed by atoms with Crippen molar-refractivity contribution in [3.8, 4) is 11.5 Å². The number of thioether (sulfide) groups is 1. The second-order valence-corrected chi connectivity index (χ2v) is 6.91. The molecule has 2 aromatic carbocycles. The number of amides is 1. The first-order valence-corrected chi connectivity index (χ1v) is 8.99. The van der Waals surface area contributed by atoms with Crippen molar-refractivity contribution in [2.45, 2.75) is 23.9 Å². The van der Waals surface area contributed by atoms with Crippen molar-refractivity contribution < 1.29 is 18.7 Å². The van der Waals surface area contributed by atoms with E-state index in [4.69, 9.17) is 13.9 Å². The smallest absolute Gasteiger partial charge is 0.257 e. The Kier molecular flexibility index (Phi) is 5.68. The van der Waals surface area contributed by atoms with E-state index >= 15 is 0 Å². The summed E-state index contributed by atoms with van der Waals surface area (Å²) in [5.74, 6) is 1.20. The maximum absolute atomic E-state index is 12.4. The van der Waals surface area contributed by atoms with Crippen LogP contribution in [0, 0.1) is 0 Å². The van der Waals surface area contributed by atoms with Crippen LogP contribution in [0.15, 0.2) is 52.1 Å². The molecule has 0 saturated heterocycles. The summed E-state index contributed by atoms with van der Waals surface area (Å²) in [6.07, 6.45) is 0. The molecule has 0 aliphatic carbocycles. The Balaban J connectivity index is 1.59. The van der Waals surface area contributed by atoms with E-state index in [-0.39, 0.29) is 11.2 Å². The first-order chi connectivity index (χ1) is 12.6. The van der Waals surface area contributed by atoms with Crippen molar-refractivity contribution in [3.63, 3.8) is 0 Å². The molecule has 3 rings (SSSR count). The average Bonchev–Trinajstić information content (AvgIpc) is 3.07. The number of hydrogen-bond donors (Lipinski definition) is 1. The third-order valence-electron chi connectivity index (χ3n) is 3.84. The van der Waals surface area contributed by atoms with Crippen LogP contribution >= 0.6 is 11.8 Å². The number of para-hydroxylation sites is 2. The lowest BCUT2D eigenvalue weighted by atomic mass is 10.2. The van der Waals surface area contributed by atoms with Gasteiger partial charge in [0, 0.05) is 6.54 Å². The minimum Gasteiger partial charge on any atom is -0.493 e. The van der Waals surface area contributed by atoms with Gasteiger partial charge in [0.25, 0.3) is 5.22 Å². The van der Waals surface area contributed by atoms with E-state index in [2.05, 4.69) is 10.3 Å². The number of nitrogens with zero attached hydrogens (tertiary/aromatic N) is 1. The molecule has 136 valence electrons. The zero-order chi connectivity index (χ0) is 18.5. The summed E-state index contributed by atoms with van der Waals surface area (Å²) in [6.45, 7) is 2.22. The molecule has 0 bridgehead atoms. The monoisotopic (exact) mass is 372 g/mol. The minimum atomic E-state index is -0.330. The summed E-state index contributed by atoms with van der Waals surface area (Å²) in [5, 5.41) is 3.07. The molecule has 3 aromatic rings. The molecule has 0 saturated carbocycles. The van der Waals surface area contributed by atoms with Gasteiger partial charge in [0.05, 0.1) is 19.5 Å². The van der Waals surface area contributed by atoms with E-state index in [1.807, 2.05) is 49.4 Å². The normalized spacial score (nSPS) is 12.0. The fraction of sp³-hybridized carbons (Fsp3) is 0.263. The van der Waals surface area contributed by atoms with Crippen LogP contribution in [0.25, 0.3) is 11.1 Å². The highest BCUT2D eigenvalue weighted by molar-refractivity contribution is 8.00. The molecule has 1 amide bonds. The zero-order valence-electron chi connectivity index (χ0n) is 14.8. The fourth-order valence-corrected chi connectivity index (χ4v) is 3.21. The van der Waals surface area contributed by atoms with Crippen LogP contribution in [0.2, 0.25) is 0 Å². The molecule has 0 spiro atoms. The number of benzene rings is 2. The highest BCUT2D eigenvalue weighted by Crippen LogP contribution is 2.28. The summed E-state index contributed by atoms with van der Waals surface area (Å²) in [7, 11) is 3.17. The number of rotatable bonds is 7. The van der Waals surface area contributed by atoms with E-state index in [0.29, 0.717) is 28.8 Å². The summed E-state index contributed by atoms with van der Waals surface area (Å²) < 4.78 is 16.1. The molecular weight excluding hydrogens is 352 g/mol. The number of aromatic nitrogens is 1. The molecular formula is C19H20N2O4S. The number of methoxy groups -OCH3 is 2. The van der Waals surface area contributed by atoms with Gasteiger partial charge in [-0.15, -0.1) is 0 Å². The summed E-state index contributed by atoms with van der Waals surface area (Å²) in [6, 6.07) is 13.1. The molecule has 1 aromatic heterocycles. The van der Waals surface area contributed by atoms with Crippen LogP contribution in [0.4, 0.5) is 0 Å². The molecule has 0 aliphatic rings. The van der Waals surface area contributed by atoms with Gasteiger partial charge in [0.2, 0.25) is 5.91 Å². The lowest BCUT2D eigenvalue weighted by Crippen LogP contribution is -2.30. The van der Waals surface area contributed by atoms with E-state index in [0.717, 1.165) is 11.1 Å². The van der Waals surface area contributed by atoms with Crippen LogP contribution in [-0.4, -0.2) is 30.4 Å². The maximum atomic E-state index is 12.4. The predicted molar refractivity (Wildman–Crippen MR) is 101 cm³/mol. The molecule has 1 heterocycles. The van der Waals surface area contributed by atoms with Crippen LogP contribution in [0.5, 0.6) is 11.5 Å². The zero-order valence-corrected chi connectivity index (χ0v) is 15.6.